The number of urea groups is 1. The van der Waals surface area contributed by atoms with E-state index in [9.17, 15) is 24.0 Å². The molecule has 328 valence electrons. The van der Waals surface area contributed by atoms with Crippen LogP contribution >= 0.6 is 39.0 Å². The van der Waals surface area contributed by atoms with Gasteiger partial charge in [0.05, 0.1) is 61.5 Å². The first-order valence-corrected chi connectivity index (χ1v) is 23.1. The normalized spacial score (nSPS) is 27.1. The summed E-state index contributed by atoms with van der Waals surface area (Å²) in [4.78, 5) is 66.8. The number of hydrogen-bond donors (Lipinski definition) is 5. The van der Waals surface area contributed by atoms with Crippen molar-refractivity contribution in [2.75, 3.05) is 46.1 Å². The summed E-state index contributed by atoms with van der Waals surface area (Å²) >= 11 is 6.75. The second-order valence-electron chi connectivity index (χ2n) is 15.2. The molecule has 3 aliphatic rings. The molecule has 2 bridgehead atoms. The number of unbranched alkanes of at least 4 members (excludes halogenated alkanes) is 1. The quantitative estimate of drug-likeness (QED) is 0.0988. The number of rotatable bonds is 18. The predicted molar refractivity (Wildman–Crippen MR) is 232 cm³/mol. The number of nitrogens with one attached hydrogen (secondary N) is 5. The van der Waals surface area contributed by atoms with Crippen LogP contribution in [0, 0.1) is 0 Å². The van der Waals surface area contributed by atoms with Crippen LogP contribution < -0.4 is 26.6 Å². The number of thioether (sulfide) groups is 1. The molecular formula is C41H61BrN6O9S2. The van der Waals surface area contributed by atoms with Gasteiger partial charge in [-0.1, -0.05) is 47.0 Å². The Morgan fingerprint density at radius 1 is 0.983 bits per heavy atom. The summed E-state index contributed by atoms with van der Waals surface area (Å²) < 4.78 is 23.4. The molecule has 5 N–H and O–H groups in total. The minimum atomic E-state index is -0.503. The van der Waals surface area contributed by atoms with Gasteiger partial charge in [0.25, 0.3) is 0 Å². The maximum atomic E-state index is 13.1. The van der Waals surface area contributed by atoms with Crippen LogP contribution in [0.5, 0.6) is 0 Å². The van der Waals surface area contributed by atoms with Crippen LogP contribution in [0.1, 0.15) is 95.7 Å². The highest BCUT2D eigenvalue weighted by Gasteiger charge is 2.40. The predicted octanol–water partition coefficient (Wildman–Crippen LogP) is 4.91. The van der Waals surface area contributed by atoms with Crippen molar-refractivity contribution in [3.05, 3.63) is 50.4 Å². The Hall–Kier alpha value is -3.29. The zero-order valence-corrected chi connectivity index (χ0v) is 37.8. The van der Waals surface area contributed by atoms with Gasteiger partial charge in [0.2, 0.25) is 11.8 Å². The first-order chi connectivity index (χ1) is 28.3. The fourth-order valence-corrected chi connectivity index (χ4v) is 9.80. The molecule has 2 fully saturated rings. The number of carbonyl (C=O) groups excluding carboxylic acids is 5. The number of fused-ring (bicyclic) bond motifs is 3. The van der Waals surface area contributed by atoms with E-state index in [-0.39, 0.29) is 66.3 Å². The van der Waals surface area contributed by atoms with E-state index in [0.717, 1.165) is 46.4 Å². The summed E-state index contributed by atoms with van der Waals surface area (Å²) in [6.45, 7) is 9.81. The van der Waals surface area contributed by atoms with E-state index in [1.807, 2.05) is 50.9 Å². The zero-order valence-electron chi connectivity index (χ0n) is 34.6. The largest absolute Gasteiger partial charge is 0.462 e. The number of allylic oxidation sites excluding steroid dienone is 3. The summed E-state index contributed by atoms with van der Waals surface area (Å²) in [6, 6.07) is -0.207. The summed E-state index contributed by atoms with van der Waals surface area (Å²) in [5, 5.41) is 18.4. The molecule has 3 aliphatic heterocycles. The number of esters is 2. The van der Waals surface area contributed by atoms with Gasteiger partial charge in [-0.25, -0.2) is 14.6 Å². The van der Waals surface area contributed by atoms with Gasteiger partial charge in [-0.2, -0.15) is 0 Å². The molecule has 15 nitrogen and oxygen atoms in total. The fraction of sp³-hybridized carbons (Fsp3) is 0.659. The van der Waals surface area contributed by atoms with E-state index in [0.29, 0.717) is 70.5 Å². The molecule has 2 saturated heterocycles. The topological polar surface area (TPSA) is 195 Å². The number of ether oxygens (including phenoxy) is 4. The van der Waals surface area contributed by atoms with Gasteiger partial charge in [-0.05, 0) is 57.0 Å². The van der Waals surface area contributed by atoms with Crippen molar-refractivity contribution in [2.24, 2.45) is 0 Å². The Balaban J connectivity index is 1.10. The van der Waals surface area contributed by atoms with Gasteiger partial charge in [0, 0.05) is 61.0 Å². The van der Waals surface area contributed by atoms with Gasteiger partial charge in [-0.15, -0.1) is 23.1 Å². The number of nitrogens with zero attached hydrogens (tertiary/aromatic N) is 1. The van der Waals surface area contributed by atoms with Crippen molar-refractivity contribution in [2.45, 2.75) is 126 Å². The highest BCUT2D eigenvalue weighted by atomic mass is 79.9. The van der Waals surface area contributed by atoms with E-state index >= 15 is 0 Å². The number of amides is 4. The molecule has 4 rings (SSSR count). The van der Waals surface area contributed by atoms with Crippen molar-refractivity contribution < 1.29 is 42.9 Å². The molecule has 18 heteroatoms. The fourth-order valence-electron chi connectivity index (χ4n) is 6.96. The minimum Gasteiger partial charge on any atom is -0.462 e. The number of carbonyl (C=O) groups is 5. The third-order valence-electron chi connectivity index (χ3n) is 9.79. The molecule has 1 aromatic heterocycles. The van der Waals surface area contributed by atoms with E-state index in [2.05, 4.69) is 42.5 Å². The number of thiazole rings is 1. The van der Waals surface area contributed by atoms with Crippen LogP contribution in [0.4, 0.5) is 4.79 Å². The third kappa shape index (κ3) is 19.3. The van der Waals surface area contributed by atoms with Crippen LogP contribution in [0.25, 0.3) is 0 Å². The lowest BCUT2D eigenvalue weighted by Gasteiger charge is -2.22. The second kappa shape index (κ2) is 26.1. The van der Waals surface area contributed by atoms with E-state index < -0.39 is 12.1 Å². The first kappa shape index (κ1) is 48.4. The summed E-state index contributed by atoms with van der Waals surface area (Å²) in [5.74, 6) is -1.08. The van der Waals surface area contributed by atoms with Gasteiger partial charge in [-0.3, -0.25) is 14.4 Å². The maximum Gasteiger partial charge on any atom is 0.331 e. The average Bonchev–Trinajstić information content (AvgIpc) is 3.87. The van der Waals surface area contributed by atoms with Gasteiger partial charge in [0.15, 0.2) is 0 Å². The molecule has 4 amide bonds. The van der Waals surface area contributed by atoms with Crippen LogP contribution in [-0.2, 0) is 44.5 Å². The molecular weight excluding hydrogens is 865 g/mol. The summed E-state index contributed by atoms with van der Waals surface area (Å²) in [7, 11) is 0. The molecule has 0 saturated carbocycles. The monoisotopic (exact) mass is 924 g/mol. The smallest absolute Gasteiger partial charge is 0.331 e. The molecule has 0 aromatic carbocycles. The second-order valence-corrected chi connectivity index (χ2v) is 18.8. The Bertz CT molecular complexity index is 1620. The van der Waals surface area contributed by atoms with Crippen molar-refractivity contribution >= 4 is 68.8 Å². The van der Waals surface area contributed by atoms with Gasteiger partial charge in [0.1, 0.15) is 12.2 Å². The van der Waals surface area contributed by atoms with Crippen molar-refractivity contribution in [3.63, 3.8) is 0 Å². The first-order valence-electron chi connectivity index (χ1n) is 20.5. The Labute approximate surface area is 364 Å². The van der Waals surface area contributed by atoms with Crippen LogP contribution in [0.2, 0.25) is 0 Å². The number of halogens is 1. The number of hydrogen-bond acceptors (Lipinski definition) is 13. The number of aromatic nitrogens is 1. The standard InChI is InChI=1S/C41H61BrN6O9S2/c1-26-8-7-11-38(51)57-31(20-28(3)42)22-37-46-34(25-58-37)27(2)19-30(21-39(52)56-29(4)18-26)45-24-36(50)44-13-15-55-17-16-54-14-12-43-35(49)10-6-5-9-32-23-33-40(59-32)48-41(53)47-33/h7-8,11,20,25,27,29-33,40,45H,5-6,9-10,12-19,21-24H2,1-4H3,(H,43,49)(H,44,50)(H2,47,48,53)/b11-7-,26-8+,28-20+/t27-,29-,30+,31+,32-,33+,40-/m0/s1. The number of cyclic esters (lactones) is 2. The molecule has 1 aromatic rings. The highest BCUT2D eigenvalue weighted by Crippen LogP contribution is 2.37. The lowest BCUT2D eigenvalue weighted by molar-refractivity contribution is -0.149. The summed E-state index contributed by atoms with van der Waals surface area (Å²) in [6.07, 6.45) is 11.6. The molecule has 0 unspecified atom stereocenters. The lowest BCUT2D eigenvalue weighted by Crippen LogP contribution is -2.42. The molecule has 0 spiro atoms. The van der Waals surface area contributed by atoms with E-state index in [1.165, 1.54) is 17.4 Å². The van der Waals surface area contributed by atoms with Crippen molar-refractivity contribution in [1.82, 2.24) is 31.6 Å². The molecule has 59 heavy (non-hydrogen) atoms. The Morgan fingerprint density at radius 3 is 2.46 bits per heavy atom. The van der Waals surface area contributed by atoms with Crippen LogP contribution in [0.3, 0.4) is 0 Å². The van der Waals surface area contributed by atoms with Gasteiger partial charge < -0.3 is 45.5 Å². The maximum absolute atomic E-state index is 13.1. The van der Waals surface area contributed by atoms with Gasteiger partial charge >= 0.3 is 18.0 Å². The van der Waals surface area contributed by atoms with Crippen LogP contribution in [-0.4, -0.2) is 116 Å². The minimum absolute atomic E-state index is 0.00978. The SMILES string of the molecule is C/C(Br)=C\[C@@H]1Cc2nc(cs2)[C@@H](C)C[C@@H](NCC(=O)NCCOCCOCCNC(=O)CCCC[C@H]2C[C@H]3NC(=O)N[C@H]3S2)CC(=O)O[C@@H](C)C/C(C)=C/C=C\C(=O)O1. The summed E-state index contributed by atoms with van der Waals surface area (Å²) in [5.41, 5.74) is 1.79. The van der Waals surface area contributed by atoms with E-state index in [4.69, 9.17) is 23.9 Å². The molecule has 0 radical (unpaired) electrons. The van der Waals surface area contributed by atoms with Crippen molar-refractivity contribution in [1.29, 1.82) is 0 Å². The van der Waals surface area contributed by atoms with Crippen LogP contribution in [0.15, 0.2) is 39.7 Å². The van der Waals surface area contributed by atoms with Crippen molar-refractivity contribution in [3.8, 4) is 0 Å². The lowest BCUT2D eigenvalue weighted by atomic mass is 9.97. The molecule has 4 heterocycles. The Kier molecular flexibility index (Phi) is 21.4. The third-order valence-corrected chi connectivity index (χ3v) is 12.5. The Morgan fingerprint density at radius 2 is 1.73 bits per heavy atom. The molecule has 7 atom stereocenters. The zero-order chi connectivity index (χ0) is 42.6. The highest BCUT2D eigenvalue weighted by molar-refractivity contribution is 9.11. The average molecular weight is 926 g/mol. The van der Waals surface area contributed by atoms with E-state index in [1.54, 1.807) is 12.2 Å². The molecule has 0 aliphatic carbocycles.